The zero-order valence-corrected chi connectivity index (χ0v) is 10.9. The number of carbonyl (C=O) groups is 2. The van der Waals surface area contributed by atoms with Crippen LogP contribution in [0.3, 0.4) is 0 Å². The number of aliphatic carboxylic acids is 1. The third-order valence-electron chi connectivity index (χ3n) is 1.68. The van der Waals surface area contributed by atoms with E-state index in [0.717, 1.165) is 0 Å². The van der Waals surface area contributed by atoms with E-state index in [2.05, 4.69) is 31.9 Å². The van der Waals surface area contributed by atoms with E-state index in [1.54, 1.807) is 18.2 Å². The molecule has 0 unspecified atom stereocenters. The number of rotatable bonds is 3. The minimum atomic E-state index is -1.61. The number of carboxylic acid groups (broad SMARTS) is 1. The van der Waals surface area contributed by atoms with Gasteiger partial charge in [-0.3, -0.25) is 4.79 Å². The summed E-state index contributed by atoms with van der Waals surface area (Å²) < 4.78 is 1.26. The molecule has 0 aliphatic heterocycles. The molecule has 0 aliphatic carbocycles. The Morgan fingerprint density at radius 1 is 1.19 bits per heavy atom. The average Bonchev–Trinajstić information content (AvgIpc) is 2.21. The summed E-state index contributed by atoms with van der Waals surface area (Å²) >= 11 is 6.38. The molecule has 2 N–H and O–H groups in total. The van der Waals surface area contributed by atoms with Crippen molar-refractivity contribution in [2.24, 2.45) is 0 Å². The van der Waals surface area contributed by atoms with Gasteiger partial charge in [0, 0.05) is 20.6 Å². The third-order valence-corrected chi connectivity index (χ3v) is 2.87. The number of carbonyl (C=O) groups excluding carboxylic acids is 1. The van der Waals surface area contributed by atoms with Crippen LogP contribution >= 0.6 is 31.9 Å². The predicted molar refractivity (Wildman–Crippen MR) is 65.1 cm³/mol. The molecule has 1 aromatic rings. The van der Waals surface area contributed by atoms with Gasteiger partial charge < -0.3 is 10.2 Å². The number of ketones is 1. The Bertz CT molecular complexity index is 480. The van der Waals surface area contributed by atoms with E-state index in [-0.39, 0.29) is 0 Å². The maximum atomic E-state index is 10.9. The Kier molecular flexibility index (Phi) is 4.26. The molecule has 16 heavy (non-hydrogen) atoms. The molecule has 0 atom stereocenters. The largest absolute Gasteiger partial charge is 0.507 e. The van der Waals surface area contributed by atoms with Crippen LogP contribution in [0.15, 0.2) is 33.2 Å². The molecule has 1 aromatic carbocycles. The number of aliphatic hydroxyl groups is 1. The summed E-state index contributed by atoms with van der Waals surface area (Å²) in [5.74, 6) is -3.19. The Morgan fingerprint density at radius 3 is 2.38 bits per heavy atom. The summed E-state index contributed by atoms with van der Waals surface area (Å²) in [7, 11) is 0. The lowest BCUT2D eigenvalue weighted by molar-refractivity contribution is -0.146. The van der Waals surface area contributed by atoms with Crippen molar-refractivity contribution in [2.45, 2.75) is 0 Å². The Labute approximate surface area is 108 Å². The Morgan fingerprint density at radius 2 is 1.81 bits per heavy atom. The van der Waals surface area contributed by atoms with Crippen LogP contribution < -0.4 is 0 Å². The molecule has 0 aromatic heterocycles. The van der Waals surface area contributed by atoms with Crippen LogP contribution in [0.4, 0.5) is 0 Å². The zero-order valence-electron chi connectivity index (χ0n) is 7.78. The quantitative estimate of drug-likeness (QED) is 0.500. The molecule has 84 valence electrons. The second kappa shape index (κ2) is 5.27. The lowest BCUT2D eigenvalue weighted by Crippen LogP contribution is -2.09. The highest BCUT2D eigenvalue weighted by atomic mass is 79.9. The van der Waals surface area contributed by atoms with E-state index in [4.69, 9.17) is 5.11 Å². The van der Waals surface area contributed by atoms with Gasteiger partial charge in [0.15, 0.2) is 0 Å². The van der Waals surface area contributed by atoms with Crippen molar-refractivity contribution in [1.82, 2.24) is 0 Å². The van der Waals surface area contributed by atoms with Crippen molar-refractivity contribution < 1.29 is 19.8 Å². The normalized spacial score (nSPS) is 11.2. The Balaban J connectivity index is 3.14. The zero-order chi connectivity index (χ0) is 12.3. The summed E-state index contributed by atoms with van der Waals surface area (Å²) in [6.07, 6.45) is 0.662. The summed E-state index contributed by atoms with van der Waals surface area (Å²) in [6, 6.07) is 4.96. The first kappa shape index (κ1) is 12.9. The number of hydrogen-bond acceptors (Lipinski definition) is 3. The van der Waals surface area contributed by atoms with Crippen LogP contribution in [0.2, 0.25) is 0 Å². The van der Waals surface area contributed by atoms with Crippen LogP contribution in [0, 0.1) is 0 Å². The molecule has 4 nitrogen and oxygen atoms in total. The molecule has 0 radical (unpaired) electrons. The molecule has 0 amide bonds. The van der Waals surface area contributed by atoms with Crippen molar-refractivity contribution in [3.05, 3.63) is 38.8 Å². The van der Waals surface area contributed by atoms with Gasteiger partial charge in [-0.15, -0.1) is 0 Å². The first-order valence-corrected chi connectivity index (χ1v) is 5.63. The van der Waals surface area contributed by atoms with Crippen LogP contribution in [0.5, 0.6) is 0 Å². The van der Waals surface area contributed by atoms with E-state index in [1.807, 2.05) is 0 Å². The molecular weight excluding hydrogens is 344 g/mol. The standard InChI is InChI=1S/C10H6Br2O4/c11-5-1-2-7(12)6(3-5)8(13)4-9(14)10(15)16/h1-4,13H,(H,15,16). The SMILES string of the molecule is O=C(O)C(=O)C=C(O)c1cc(Br)ccc1Br. The predicted octanol–water partition coefficient (Wildman–Crippen LogP) is 2.76. The monoisotopic (exact) mass is 348 g/mol. The highest BCUT2D eigenvalue weighted by Crippen LogP contribution is 2.26. The molecule has 0 saturated carbocycles. The molecule has 0 fully saturated rings. The Hall–Kier alpha value is -1.14. The fourth-order valence-corrected chi connectivity index (χ4v) is 1.77. The third kappa shape index (κ3) is 3.18. The number of halogens is 2. The lowest BCUT2D eigenvalue weighted by Gasteiger charge is -2.03. The maximum absolute atomic E-state index is 10.9. The lowest BCUT2D eigenvalue weighted by atomic mass is 10.1. The molecule has 0 spiro atoms. The molecular formula is C10H6Br2O4. The van der Waals surface area contributed by atoms with E-state index in [0.29, 0.717) is 20.6 Å². The van der Waals surface area contributed by atoms with Crippen LogP contribution in [-0.4, -0.2) is 22.0 Å². The fraction of sp³-hybridized carbons (Fsp3) is 0. The first-order chi connectivity index (χ1) is 7.41. The minimum Gasteiger partial charge on any atom is -0.507 e. The molecule has 1 rings (SSSR count). The maximum Gasteiger partial charge on any atom is 0.376 e. The summed E-state index contributed by atoms with van der Waals surface area (Å²) in [6.45, 7) is 0. The van der Waals surface area contributed by atoms with Crippen molar-refractivity contribution in [3.8, 4) is 0 Å². The second-order valence-corrected chi connectivity index (χ2v) is 4.59. The van der Waals surface area contributed by atoms with E-state index < -0.39 is 17.5 Å². The van der Waals surface area contributed by atoms with Gasteiger partial charge in [-0.1, -0.05) is 31.9 Å². The van der Waals surface area contributed by atoms with Crippen molar-refractivity contribution in [3.63, 3.8) is 0 Å². The van der Waals surface area contributed by atoms with Gasteiger partial charge >= 0.3 is 5.97 Å². The van der Waals surface area contributed by atoms with Gasteiger partial charge in [0.1, 0.15) is 5.76 Å². The van der Waals surface area contributed by atoms with Crippen LogP contribution in [-0.2, 0) is 9.59 Å². The topological polar surface area (TPSA) is 74.6 Å². The summed E-state index contributed by atoms with van der Waals surface area (Å²) in [5.41, 5.74) is 0.337. The smallest absolute Gasteiger partial charge is 0.376 e. The van der Waals surface area contributed by atoms with Gasteiger partial charge in [-0.05, 0) is 18.2 Å². The van der Waals surface area contributed by atoms with Gasteiger partial charge in [-0.25, -0.2) is 4.79 Å². The van der Waals surface area contributed by atoms with Gasteiger partial charge in [-0.2, -0.15) is 0 Å². The van der Waals surface area contributed by atoms with Gasteiger partial charge in [0.05, 0.1) is 0 Å². The fourth-order valence-electron chi connectivity index (χ4n) is 0.957. The van der Waals surface area contributed by atoms with Crippen molar-refractivity contribution in [2.75, 3.05) is 0 Å². The van der Waals surface area contributed by atoms with E-state index in [9.17, 15) is 14.7 Å². The molecule has 0 bridgehead atoms. The van der Waals surface area contributed by atoms with Crippen molar-refractivity contribution >= 4 is 49.4 Å². The summed E-state index contributed by atoms with van der Waals surface area (Å²) in [4.78, 5) is 21.2. The number of carboxylic acids is 1. The number of benzene rings is 1. The highest BCUT2D eigenvalue weighted by Gasteiger charge is 2.12. The van der Waals surface area contributed by atoms with E-state index >= 15 is 0 Å². The van der Waals surface area contributed by atoms with Gasteiger partial charge in [0.25, 0.3) is 5.78 Å². The number of hydrogen-bond donors (Lipinski definition) is 2. The highest BCUT2D eigenvalue weighted by molar-refractivity contribution is 9.11. The van der Waals surface area contributed by atoms with Crippen LogP contribution in [0.1, 0.15) is 5.56 Å². The summed E-state index contributed by atoms with van der Waals surface area (Å²) in [5, 5.41) is 17.9. The molecule has 0 saturated heterocycles. The molecule has 0 aliphatic rings. The van der Waals surface area contributed by atoms with Gasteiger partial charge in [0.2, 0.25) is 0 Å². The average molecular weight is 350 g/mol. The second-order valence-electron chi connectivity index (χ2n) is 2.82. The molecule has 6 heteroatoms. The van der Waals surface area contributed by atoms with Crippen molar-refractivity contribution in [1.29, 1.82) is 0 Å². The minimum absolute atomic E-state index is 0.337. The number of aliphatic hydroxyl groups excluding tert-OH is 1. The van der Waals surface area contributed by atoms with E-state index in [1.165, 1.54) is 0 Å². The first-order valence-electron chi connectivity index (χ1n) is 4.05. The van der Waals surface area contributed by atoms with Crippen LogP contribution in [0.25, 0.3) is 5.76 Å². The molecule has 0 heterocycles.